The van der Waals surface area contributed by atoms with Crippen molar-refractivity contribution in [3.63, 3.8) is 0 Å². The molecule has 2 atom stereocenters. The lowest BCUT2D eigenvalue weighted by atomic mass is 9.77. The Morgan fingerprint density at radius 3 is 1.71 bits per heavy atom. The average Bonchev–Trinajstić information content (AvgIpc) is 2.85. The summed E-state index contributed by atoms with van der Waals surface area (Å²) in [6, 6.07) is 8.97. The van der Waals surface area contributed by atoms with Gasteiger partial charge in [-0.2, -0.15) is 0 Å². The van der Waals surface area contributed by atoms with Crippen LogP contribution in [0.25, 0.3) is 0 Å². The highest BCUT2D eigenvalue weighted by atomic mass is 16.1. The summed E-state index contributed by atoms with van der Waals surface area (Å²) in [6.07, 6.45) is 14.3. The molecule has 222 valence electrons. The molecule has 0 aliphatic carbocycles. The minimum Gasteiger partial charge on any atom is -0.371 e. The van der Waals surface area contributed by atoms with Crippen molar-refractivity contribution in [2.75, 3.05) is 18.0 Å². The van der Waals surface area contributed by atoms with Gasteiger partial charge in [-0.25, -0.2) is 0 Å². The lowest BCUT2D eigenvalue weighted by Crippen LogP contribution is -2.50. The molecule has 0 amide bonds. The highest BCUT2D eigenvalue weighted by Crippen LogP contribution is 2.34. The quantitative estimate of drug-likeness (QED) is 0.224. The number of hydrogen-bond donors (Lipinski definition) is 0. The summed E-state index contributed by atoms with van der Waals surface area (Å²) < 4.78 is 0. The second-order valence-corrected chi connectivity index (χ2v) is 11.5. The van der Waals surface area contributed by atoms with Gasteiger partial charge in [0.05, 0.1) is 0 Å². The summed E-state index contributed by atoms with van der Waals surface area (Å²) >= 11 is 0. The van der Waals surface area contributed by atoms with Crippen molar-refractivity contribution in [2.45, 2.75) is 146 Å². The molecule has 38 heavy (non-hydrogen) atoms. The molecule has 3 heteroatoms. The van der Waals surface area contributed by atoms with E-state index in [-0.39, 0.29) is 5.78 Å². The first-order valence-corrected chi connectivity index (χ1v) is 15.9. The van der Waals surface area contributed by atoms with Crippen LogP contribution in [0.5, 0.6) is 0 Å². The maximum absolute atomic E-state index is 10.9. The Labute approximate surface area is 238 Å². The fraction of sp³-hybridized carbons (Fsp3) is 0.771. The predicted molar refractivity (Wildman–Crippen MR) is 170 cm³/mol. The molecule has 1 aromatic rings. The molecule has 0 saturated carbocycles. The Morgan fingerprint density at radius 2 is 1.26 bits per heavy atom. The number of unbranched alkanes of at least 4 members (excludes halogenated alkanes) is 5. The number of aryl methyl sites for hydroxylation is 1. The van der Waals surface area contributed by atoms with Crippen LogP contribution in [-0.2, 0) is 9.59 Å². The fourth-order valence-electron chi connectivity index (χ4n) is 4.23. The van der Waals surface area contributed by atoms with Gasteiger partial charge in [0.1, 0.15) is 11.6 Å². The number of ketones is 2. The molecule has 0 bridgehead atoms. The number of nitrogens with zero attached hydrogens (tertiary/aromatic N) is 1. The zero-order valence-electron chi connectivity index (χ0n) is 27.2. The Morgan fingerprint density at radius 1 is 0.763 bits per heavy atom. The van der Waals surface area contributed by atoms with E-state index in [0.29, 0.717) is 5.78 Å². The summed E-state index contributed by atoms with van der Waals surface area (Å²) in [7, 11) is 0. The van der Waals surface area contributed by atoms with Gasteiger partial charge in [-0.1, -0.05) is 118 Å². The molecule has 1 aliphatic heterocycles. The third-order valence-electron chi connectivity index (χ3n) is 7.30. The van der Waals surface area contributed by atoms with E-state index >= 15 is 0 Å². The minimum atomic E-state index is 0.167. The van der Waals surface area contributed by atoms with Crippen molar-refractivity contribution in [2.24, 2.45) is 17.8 Å². The first-order valence-electron chi connectivity index (χ1n) is 15.9. The van der Waals surface area contributed by atoms with Crippen molar-refractivity contribution >= 4 is 17.3 Å². The van der Waals surface area contributed by atoms with Gasteiger partial charge in [0.15, 0.2) is 0 Å². The molecule has 3 nitrogen and oxygen atoms in total. The lowest BCUT2D eigenvalue weighted by molar-refractivity contribution is -0.119. The summed E-state index contributed by atoms with van der Waals surface area (Å²) in [5.41, 5.74) is 2.75. The third-order valence-corrected chi connectivity index (χ3v) is 7.30. The third kappa shape index (κ3) is 21.3. The van der Waals surface area contributed by atoms with Gasteiger partial charge in [-0.3, -0.25) is 4.79 Å². The van der Waals surface area contributed by atoms with Crippen LogP contribution in [0.15, 0.2) is 24.3 Å². The number of hydrogen-bond acceptors (Lipinski definition) is 3. The fourth-order valence-corrected chi connectivity index (χ4v) is 4.23. The Hall–Kier alpha value is -1.64. The standard InChI is InChI=1S/C19H31N.C9H18O.C4H10.C3H6O/c1-5-6-7-8-16(3)17(4)18-13-20(14-18)19-11-9-15(2)10-12-19;1-3-5-6-8-9(10)7-4-2;1-3-4-2;1-3(2)4/h9-12,16-18H,5-8,13-14H2,1-4H3;3-8H2,1-2H3;3-4H2,1-2H3;1-2H3. The molecular weight excluding hydrogens is 466 g/mol. The Balaban J connectivity index is 0. The van der Waals surface area contributed by atoms with E-state index < -0.39 is 0 Å². The molecule has 0 radical (unpaired) electrons. The number of carbonyl (C=O) groups excluding carboxylic acids is 2. The van der Waals surface area contributed by atoms with Crippen molar-refractivity contribution < 1.29 is 9.59 Å². The second-order valence-electron chi connectivity index (χ2n) is 11.5. The smallest absolute Gasteiger partial charge is 0.132 e. The van der Waals surface area contributed by atoms with Crippen LogP contribution in [-0.4, -0.2) is 24.7 Å². The molecule has 0 spiro atoms. The zero-order chi connectivity index (χ0) is 29.3. The van der Waals surface area contributed by atoms with E-state index in [1.807, 2.05) is 0 Å². The lowest BCUT2D eigenvalue weighted by Gasteiger charge is -2.45. The van der Waals surface area contributed by atoms with Gasteiger partial charge in [0, 0.05) is 31.6 Å². The molecule has 0 aromatic heterocycles. The SMILES string of the molecule is CC(C)=O.CCCC.CCCCCC(=O)CCC.CCCCCC(C)C(C)C1CN(c2ccc(C)cc2)C1. The van der Waals surface area contributed by atoms with E-state index in [4.69, 9.17) is 0 Å². The number of carbonyl (C=O) groups is 2. The van der Waals surface area contributed by atoms with E-state index in [2.05, 4.69) is 84.6 Å². The molecule has 1 aliphatic rings. The van der Waals surface area contributed by atoms with Gasteiger partial charge in [-0.05, 0) is 63.5 Å². The molecule has 2 unspecified atom stereocenters. The van der Waals surface area contributed by atoms with Crippen LogP contribution in [0.4, 0.5) is 5.69 Å². The maximum Gasteiger partial charge on any atom is 0.132 e. The van der Waals surface area contributed by atoms with Gasteiger partial charge < -0.3 is 9.69 Å². The van der Waals surface area contributed by atoms with Gasteiger partial charge >= 0.3 is 0 Å². The van der Waals surface area contributed by atoms with Crippen LogP contribution in [0.2, 0.25) is 0 Å². The maximum atomic E-state index is 10.9. The van der Waals surface area contributed by atoms with Gasteiger partial charge in [-0.15, -0.1) is 0 Å². The Bertz CT molecular complexity index is 670. The molecular formula is C35H65NO2. The zero-order valence-corrected chi connectivity index (χ0v) is 27.2. The summed E-state index contributed by atoms with van der Waals surface area (Å²) in [5, 5.41) is 0. The topological polar surface area (TPSA) is 37.4 Å². The van der Waals surface area contributed by atoms with E-state index in [0.717, 1.165) is 43.4 Å². The highest BCUT2D eigenvalue weighted by molar-refractivity contribution is 5.78. The summed E-state index contributed by atoms with van der Waals surface area (Å²) in [4.78, 5) is 22.9. The van der Waals surface area contributed by atoms with Crippen molar-refractivity contribution in [1.82, 2.24) is 0 Å². The monoisotopic (exact) mass is 532 g/mol. The van der Waals surface area contributed by atoms with Crippen LogP contribution in [0, 0.1) is 24.7 Å². The number of rotatable bonds is 14. The average molecular weight is 532 g/mol. The van der Waals surface area contributed by atoms with Crippen molar-refractivity contribution in [1.29, 1.82) is 0 Å². The Kier molecular flexibility index (Phi) is 26.0. The van der Waals surface area contributed by atoms with Crippen LogP contribution in [0.1, 0.15) is 145 Å². The van der Waals surface area contributed by atoms with E-state index in [9.17, 15) is 9.59 Å². The molecule has 1 aromatic carbocycles. The van der Waals surface area contributed by atoms with E-state index in [1.54, 1.807) is 0 Å². The highest BCUT2D eigenvalue weighted by Gasteiger charge is 2.33. The first kappa shape index (κ1) is 38.5. The normalized spacial score (nSPS) is 13.9. The first-order chi connectivity index (χ1) is 18.1. The molecule has 2 rings (SSSR count). The minimum absolute atomic E-state index is 0.167. The summed E-state index contributed by atoms with van der Waals surface area (Å²) in [6.45, 7) is 23.5. The molecule has 1 fully saturated rings. The number of Topliss-reactive ketones (excluding diaryl/α,β-unsaturated/α-hetero) is 2. The number of anilines is 1. The predicted octanol–water partition coefficient (Wildman–Crippen LogP) is 10.6. The van der Waals surface area contributed by atoms with Gasteiger partial charge in [0.2, 0.25) is 0 Å². The second kappa shape index (κ2) is 25.6. The molecule has 1 heterocycles. The van der Waals surface area contributed by atoms with Gasteiger partial charge in [0.25, 0.3) is 0 Å². The van der Waals surface area contributed by atoms with Crippen molar-refractivity contribution in [3.8, 4) is 0 Å². The molecule has 1 saturated heterocycles. The van der Waals surface area contributed by atoms with Crippen molar-refractivity contribution in [3.05, 3.63) is 29.8 Å². The van der Waals surface area contributed by atoms with Crippen LogP contribution in [0.3, 0.4) is 0 Å². The number of benzene rings is 1. The van der Waals surface area contributed by atoms with Crippen LogP contribution >= 0.6 is 0 Å². The van der Waals surface area contributed by atoms with Crippen LogP contribution < -0.4 is 4.90 Å². The summed E-state index contributed by atoms with van der Waals surface area (Å²) in [5.74, 6) is 3.25. The molecule has 0 N–H and O–H groups in total. The largest absolute Gasteiger partial charge is 0.371 e. The van der Waals surface area contributed by atoms with E-state index in [1.165, 1.54) is 89.6 Å².